The summed E-state index contributed by atoms with van der Waals surface area (Å²) in [6.45, 7) is 4.92. The number of methoxy groups -OCH3 is 1. The Hall–Kier alpha value is -0.870. The standard InChI is InChI=1S/C11H16ClN3O/c1-8-5-15(6-9(8)7-16-2)11-10(12)13-3-4-14-11/h3-4,8-9H,5-7H2,1-2H3/t8-,9-/m0/s1. The highest BCUT2D eigenvalue weighted by Crippen LogP contribution is 2.29. The van der Waals surface area contributed by atoms with Crippen molar-refractivity contribution >= 4 is 17.4 Å². The van der Waals surface area contributed by atoms with E-state index in [9.17, 15) is 0 Å². The molecule has 1 saturated heterocycles. The maximum atomic E-state index is 6.03. The molecule has 5 heteroatoms. The molecule has 2 rings (SSSR count). The molecule has 0 unspecified atom stereocenters. The van der Waals surface area contributed by atoms with E-state index in [1.807, 2.05) is 0 Å². The summed E-state index contributed by atoms with van der Waals surface area (Å²) in [5, 5.41) is 0.479. The molecule has 16 heavy (non-hydrogen) atoms. The Kier molecular flexibility index (Phi) is 3.61. The van der Waals surface area contributed by atoms with E-state index in [1.165, 1.54) is 0 Å². The van der Waals surface area contributed by atoms with E-state index in [0.29, 0.717) is 17.0 Å². The molecular weight excluding hydrogens is 226 g/mol. The second-order valence-corrected chi connectivity index (χ2v) is 4.63. The lowest BCUT2D eigenvalue weighted by Crippen LogP contribution is -2.22. The molecule has 1 aromatic heterocycles. The molecule has 4 nitrogen and oxygen atoms in total. The zero-order valence-corrected chi connectivity index (χ0v) is 10.3. The molecule has 1 fully saturated rings. The first-order valence-electron chi connectivity index (χ1n) is 5.42. The fraction of sp³-hybridized carbons (Fsp3) is 0.636. The van der Waals surface area contributed by atoms with Gasteiger partial charge in [-0.3, -0.25) is 0 Å². The van der Waals surface area contributed by atoms with Gasteiger partial charge in [-0.15, -0.1) is 0 Å². The van der Waals surface area contributed by atoms with Crippen LogP contribution in [0.3, 0.4) is 0 Å². The third kappa shape index (κ3) is 2.28. The van der Waals surface area contributed by atoms with Crippen LogP contribution < -0.4 is 4.90 Å². The van der Waals surface area contributed by atoms with Crippen molar-refractivity contribution in [2.75, 3.05) is 31.7 Å². The van der Waals surface area contributed by atoms with Crippen LogP contribution in [-0.2, 0) is 4.74 Å². The summed E-state index contributed by atoms with van der Waals surface area (Å²) in [5.41, 5.74) is 0. The molecule has 2 atom stereocenters. The van der Waals surface area contributed by atoms with Crippen molar-refractivity contribution in [3.8, 4) is 0 Å². The Morgan fingerprint density at radius 3 is 2.88 bits per heavy atom. The number of ether oxygens (including phenoxy) is 1. The van der Waals surface area contributed by atoms with Gasteiger partial charge in [0.2, 0.25) is 0 Å². The number of nitrogens with zero attached hydrogens (tertiary/aromatic N) is 3. The fourth-order valence-corrected chi connectivity index (χ4v) is 2.39. The molecule has 0 aromatic carbocycles. The summed E-state index contributed by atoms with van der Waals surface area (Å²) >= 11 is 6.03. The quantitative estimate of drug-likeness (QED) is 0.810. The van der Waals surface area contributed by atoms with Crippen LogP contribution in [0.1, 0.15) is 6.92 Å². The van der Waals surface area contributed by atoms with Gasteiger partial charge in [-0.05, 0) is 5.92 Å². The Balaban J connectivity index is 2.11. The highest BCUT2D eigenvalue weighted by Gasteiger charge is 2.31. The van der Waals surface area contributed by atoms with Gasteiger partial charge in [-0.1, -0.05) is 18.5 Å². The predicted molar refractivity (Wildman–Crippen MR) is 63.8 cm³/mol. The first kappa shape index (κ1) is 11.6. The number of aromatic nitrogens is 2. The maximum absolute atomic E-state index is 6.03. The summed E-state index contributed by atoms with van der Waals surface area (Å²) < 4.78 is 5.21. The van der Waals surface area contributed by atoms with Gasteiger partial charge in [0.05, 0.1) is 6.61 Å². The summed E-state index contributed by atoms with van der Waals surface area (Å²) in [6, 6.07) is 0. The van der Waals surface area contributed by atoms with Gasteiger partial charge >= 0.3 is 0 Å². The average Bonchev–Trinajstić information content (AvgIpc) is 2.61. The molecule has 0 radical (unpaired) electrons. The Bertz CT molecular complexity index is 361. The summed E-state index contributed by atoms with van der Waals surface area (Å²) in [6.07, 6.45) is 3.29. The fourth-order valence-electron chi connectivity index (χ4n) is 2.16. The molecule has 0 aliphatic carbocycles. The zero-order chi connectivity index (χ0) is 11.5. The lowest BCUT2D eigenvalue weighted by atomic mass is 10.00. The molecule has 0 saturated carbocycles. The molecule has 1 aliphatic heterocycles. The Morgan fingerprint density at radius 2 is 2.19 bits per heavy atom. The first-order valence-corrected chi connectivity index (χ1v) is 5.80. The third-order valence-electron chi connectivity index (χ3n) is 3.08. The van der Waals surface area contributed by atoms with Crippen LogP contribution in [0.25, 0.3) is 0 Å². The number of hydrogen-bond acceptors (Lipinski definition) is 4. The van der Waals surface area contributed by atoms with Crippen molar-refractivity contribution in [1.82, 2.24) is 9.97 Å². The normalized spacial score (nSPS) is 25.1. The van der Waals surface area contributed by atoms with Gasteiger partial charge in [0.15, 0.2) is 11.0 Å². The second kappa shape index (κ2) is 4.97. The highest BCUT2D eigenvalue weighted by atomic mass is 35.5. The molecule has 0 bridgehead atoms. The van der Waals surface area contributed by atoms with Gasteiger partial charge in [-0.25, -0.2) is 9.97 Å². The van der Waals surface area contributed by atoms with Crippen molar-refractivity contribution in [2.45, 2.75) is 6.92 Å². The van der Waals surface area contributed by atoms with Crippen molar-refractivity contribution in [3.63, 3.8) is 0 Å². The van der Waals surface area contributed by atoms with Crippen molar-refractivity contribution in [1.29, 1.82) is 0 Å². The number of halogens is 1. The maximum Gasteiger partial charge on any atom is 0.171 e. The van der Waals surface area contributed by atoms with E-state index >= 15 is 0 Å². The molecule has 1 aliphatic rings. The van der Waals surface area contributed by atoms with E-state index in [0.717, 1.165) is 25.5 Å². The lowest BCUT2D eigenvalue weighted by molar-refractivity contribution is 0.144. The van der Waals surface area contributed by atoms with Gasteiger partial charge in [0.25, 0.3) is 0 Å². The van der Waals surface area contributed by atoms with Crippen LogP contribution in [0, 0.1) is 11.8 Å². The number of anilines is 1. The van der Waals surface area contributed by atoms with Crippen LogP contribution in [0.15, 0.2) is 12.4 Å². The molecule has 1 aromatic rings. The minimum absolute atomic E-state index is 0.479. The third-order valence-corrected chi connectivity index (χ3v) is 3.35. The molecule has 0 N–H and O–H groups in total. The first-order chi connectivity index (χ1) is 7.72. The summed E-state index contributed by atoms with van der Waals surface area (Å²) in [4.78, 5) is 10.5. The zero-order valence-electron chi connectivity index (χ0n) is 9.56. The Labute approximate surface area is 101 Å². The second-order valence-electron chi connectivity index (χ2n) is 4.27. The van der Waals surface area contributed by atoms with Crippen molar-refractivity contribution in [2.24, 2.45) is 11.8 Å². The molecule has 88 valence electrons. The molecule has 2 heterocycles. The van der Waals surface area contributed by atoms with Crippen molar-refractivity contribution < 1.29 is 4.74 Å². The van der Waals surface area contributed by atoms with Crippen LogP contribution in [-0.4, -0.2) is 36.8 Å². The lowest BCUT2D eigenvalue weighted by Gasteiger charge is -2.17. The predicted octanol–water partition coefficient (Wildman–Crippen LogP) is 1.85. The van der Waals surface area contributed by atoms with Gasteiger partial charge in [-0.2, -0.15) is 0 Å². The number of hydrogen-bond donors (Lipinski definition) is 0. The largest absolute Gasteiger partial charge is 0.384 e. The van der Waals surface area contributed by atoms with E-state index in [2.05, 4.69) is 21.8 Å². The minimum Gasteiger partial charge on any atom is -0.384 e. The SMILES string of the molecule is COC[C@@H]1CN(c2nccnc2Cl)C[C@@H]1C. The van der Waals surface area contributed by atoms with Crippen molar-refractivity contribution in [3.05, 3.63) is 17.5 Å². The average molecular weight is 242 g/mol. The van der Waals surface area contributed by atoms with Crippen LogP contribution in [0.5, 0.6) is 0 Å². The molecule has 0 amide bonds. The van der Waals surface area contributed by atoms with Gasteiger partial charge < -0.3 is 9.64 Å². The van der Waals surface area contributed by atoms with E-state index in [1.54, 1.807) is 19.5 Å². The number of rotatable bonds is 3. The van der Waals surface area contributed by atoms with E-state index < -0.39 is 0 Å². The van der Waals surface area contributed by atoms with Crippen LogP contribution in [0.4, 0.5) is 5.82 Å². The Morgan fingerprint density at radius 1 is 1.44 bits per heavy atom. The van der Waals surface area contributed by atoms with E-state index in [-0.39, 0.29) is 0 Å². The minimum atomic E-state index is 0.479. The topological polar surface area (TPSA) is 38.2 Å². The summed E-state index contributed by atoms with van der Waals surface area (Å²) in [7, 11) is 1.74. The molecule has 0 spiro atoms. The van der Waals surface area contributed by atoms with Crippen LogP contribution in [0.2, 0.25) is 5.15 Å². The highest BCUT2D eigenvalue weighted by molar-refractivity contribution is 6.31. The smallest absolute Gasteiger partial charge is 0.171 e. The van der Waals surface area contributed by atoms with Gasteiger partial charge in [0, 0.05) is 38.5 Å². The van der Waals surface area contributed by atoms with Gasteiger partial charge in [0.1, 0.15) is 0 Å². The van der Waals surface area contributed by atoms with E-state index in [4.69, 9.17) is 16.3 Å². The molecular formula is C11H16ClN3O. The van der Waals surface area contributed by atoms with Crippen LogP contribution >= 0.6 is 11.6 Å². The summed E-state index contributed by atoms with van der Waals surface area (Å²) in [5.74, 6) is 1.93. The monoisotopic (exact) mass is 241 g/mol.